The minimum Gasteiger partial charge on any atom is -0.506 e. The Morgan fingerprint density at radius 1 is 0.872 bits per heavy atom. The highest BCUT2D eigenvalue weighted by Gasteiger charge is 2.26. The molecule has 1 aliphatic rings. The molecule has 1 aliphatic heterocycles. The van der Waals surface area contributed by atoms with Crippen molar-refractivity contribution in [2.45, 2.75) is 26.3 Å². The number of aromatic hydroxyl groups is 1. The van der Waals surface area contributed by atoms with Crippen LogP contribution in [0, 0.1) is 0 Å². The maximum absolute atomic E-state index is 13.2. The van der Waals surface area contributed by atoms with Crippen molar-refractivity contribution >= 4 is 17.3 Å². The third kappa shape index (κ3) is 5.02. The molecule has 5 rings (SSSR count). The summed E-state index contributed by atoms with van der Waals surface area (Å²) in [7, 11) is 3.33. The van der Waals surface area contributed by atoms with E-state index in [9.17, 15) is 14.7 Å². The highest BCUT2D eigenvalue weighted by molar-refractivity contribution is 6.32. The van der Waals surface area contributed by atoms with Gasteiger partial charge in [0.2, 0.25) is 0 Å². The van der Waals surface area contributed by atoms with Crippen LogP contribution in [0.15, 0.2) is 70.6 Å². The van der Waals surface area contributed by atoms with E-state index in [2.05, 4.69) is 42.7 Å². The molecule has 1 N–H and O–H groups in total. The number of benzene rings is 2. The number of halogens is 1. The maximum Gasteiger partial charge on any atom is 0.332 e. The van der Waals surface area contributed by atoms with E-state index in [1.165, 1.54) is 13.7 Å². The number of pyridine rings is 1. The molecule has 0 aliphatic carbocycles. The van der Waals surface area contributed by atoms with Crippen molar-refractivity contribution in [2.75, 3.05) is 31.1 Å². The number of aromatic nitrogens is 3. The largest absolute Gasteiger partial charge is 0.506 e. The van der Waals surface area contributed by atoms with Gasteiger partial charge in [0.1, 0.15) is 5.75 Å². The van der Waals surface area contributed by atoms with E-state index in [-0.39, 0.29) is 28.1 Å². The Hall–Kier alpha value is -3.75. The van der Waals surface area contributed by atoms with Gasteiger partial charge in [0.15, 0.2) is 0 Å². The van der Waals surface area contributed by atoms with Crippen LogP contribution in [0.2, 0.25) is 5.02 Å². The van der Waals surface area contributed by atoms with Crippen molar-refractivity contribution in [2.24, 2.45) is 14.1 Å². The Kier molecular flexibility index (Phi) is 6.95. The molecule has 0 radical (unpaired) electrons. The van der Waals surface area contributed by atoms with Crippen molar-refractivity contribution in [3.05, 3.63) is 86.9 Å². The molecule has 204 valence electrons. The summed E-state index contributed by atoms with van der Waals surface area (Å²) >= 11 is 6.57. The van der Waals surface area contributed by atoms with E-state index in [4.69, 9.17) is 11.6 Å². The van der Waals surface area contributed by atoms with Gasteiger partial charge in [0.05, 0.1) is 16.3 Å². The van der Waals surface area contributed by atoms with E-state index >= 15 is 0 Å². The molecule has 8 nitrogen and oxygen atoms in total. The molecule has 0 saturated carbocycles. The molecule has 0 spiro atoms. The molecular weight excluding hydrogens is 514 g/mol. The molecule has 2 aromatic carbocycles. The predicted molar refractivity (Wildman–Crippen MR) is 157 cm³/mol. The van der Waals surface area contributed by atoms with Crippen LogP contribution < -0.4 is 16.1 Å². The summed E-state index contributed by atoms with van der Waals surface area (Å²) in [6.45, 7) is 10.5. The van der Waals surface area contributed by atoms with E-state index in [1.807, 2.05) is 12.1 Å². The lowest BCUT2D eigenvalue weighted by Crippen LogP contribution is -2.53. The Morgan fingerprint density at radius 3 is 2.21 bits per heavy atom. The highest BCUT2D eigenvalue weighted by atomic mass is 35.5. The van der Waals surface area contributed by atoms with Crippen LogP contribution in [-0.2, 0) is 14.1 Å². The van der Waals surface area contributed by atoms with Gasteiger partial charge in [-0.05, 0) is 56.2 Å². The van der Waals surface area contributed by atoms with Crippen molar-refractivity contribution in [3.8, 4) is 33.7 Å². The van der Waals surface area contributed by atoms with Crippen LogP contribution in [0.1, 0.15) is 20.8 Å². The fraction of sp³-hybridized carbons (Fsp3) is 0.333. The van der Waals surface area contributed by atoms with Crippen LogP contribution in [-0.4, -0.2) is 55.4 Å². The van der Waals surface area contributed by atoms with Crippen LogP contribution in [0.5, 0.6) is 5.75 Å². The van der Waals surface area contributed by atoms with Gasteiger partial charge in [-0.25, -0.2) is 4.79 Å². The maximum atomic E-state index is 13.2. The number of nitrogens with zero attached hydrogens (tertiary/aromatic N) is 5. The topological polar surface area (TPSA) is 75.6 Å². The van der Waals surface area contributed by atoms with Gasteiger partial charge in [0.25, 0.3) is 5.56 Å². The average Bonchev–Trinajstić information content (AvgIpc) is 3.23. The summed E-state index contributed by atoms with van der Waals surface area (Å²) in [6.07, 6.45) is 4.95. The minimum absolute atomic E-state index is 0.103. The molecule has 4 aromatic rings. The molecule has 39 heavy (non-hydrogen) atoms. The van der Waals surface area contributed by atoms with E-state index in [0.29, 0.717) is 21.8 Å². The lowest BCUT2D eigenvalue weighted by molar-refractivity contribution is 0.128. The Labute approximate surface area is 232 Å². The van der Waals surface area contributed by atoms with Gasteiger partial charge in [-0.15, -0.1) is 0 Å². The molecule has 1 saturated heterocycles. The zero-order valence-corrected chi connectivity index (χ0v) is 23.7. The van der Waals surface area contributed by atoms with Gasteiger partial charge >= 0.3 is 5.69 Å². The summed E-state index contributed by atoms with van der Waals surface area (Å²) < 4.78 is 4.36. The number of anilines is 1. The van der Waals surface area contributed by atoms with Gasteiger partial charge in [0, 0.05) is 75.7 Å². The molecule has 0 unspecified atom stereocenters. The first-order valence-electron chi connectivity index (χ1n) is 13.0. The third-order valence-electron chi connectivity index (χ3n) is 7.54. The number of aryl methyl sites for hydroxylation is 2. The standard InChI is InChI=1S/C30H34ClN5O3/c1-30(2,3)35-14-12-34(13-15-35)22-8-6-7-20(17-22)23-19-33(5)28(38)26(27(23)37)21-9-10-25(24(31)18-21)36-16-11-32(4)29(36)39/h6-11,16-19,37H,12-15H2,1-5H3. The Balaban J connectivity index is 1.51. The van der Waals surface area contributed by atoms with Crippen molar-refractivity contribution in [1.29, 1.82) is 0 Å². The van der Waals surface area contributed by atoms with Crippen molar-refractivity contribution < 1.29 is 5.11 Å². The fourth-order valence-electron chi connectivity index (χ4n) is 5.21. The fourth-order valence-corrected chi connectivity index (χ4v) is 5.48. The van der Waals surface area contributed by atoms with E-state index in [1.54, 1.807) is 50.9 Å². The lowest BCUT2D eigenvalue weighted by Gasteiger charge is -2.43. The predicted octanol–water partition coefficient (Wildman–Crippen LogP) is 4.49. The van der Waals surface area contributed by atoms with Gasteiger partial charge in [-0.2, -0.15) is 0 Å². The molecule has 3 heterocycles. The zero-order valence-electron chi connectivity index (χ0n) is 23.0. The molecule has 1 fully saturated rings. The summed E-state index contributed by atoms with van der Waals surface area (Å²) in [5.74, 6) is -0.103. The first-order chi connectivity index (χ1) is 18.5. The molecule has 0 atom stereocenters. The van der Waals surface area contributed by atoms with Gasteiger partial charge in [-0.3, -0.25) is 14.3 Å². The summed E-state index contributed by atoms with van der Waals surface area (Å²) in [5.41, 5.74) is 3.16. The third-order valence-corrected chi connectivity index (χ3v) is 7.85. The zero-order chi connectivity index (χ0) is 28.1. The SMILES string of the molecule is Cn1cc(-c2cccc(N3CCN(C(C)(C)C)CC3)c2)c(O)c(-c2ccc(-n3ccn(C)c3=O)c(Cl)c2)c1=O. The molecule has 0 bridgehead atoms. The Bertz CT molecular complexity index is 1650. The lowest BCUT2D eigenvalue weighted by atomic mass is 9.98. The van der Waals surface area contributed by atoms with E-state index in [0.717, 1.165) is 37.4 Å². The number of hydrogen-bond acceptors (Lipinski definition) is 5. The Morgan fingerprint density at radius 2 is 1.59 bits per heavy atom. The van der Waals surface area contributed by atoms with Gasteiger partial charge in [-0.1, -0.05) is 29.8 Å². The van der Waals surface area contributed by atoms with Crippen LogP contribution in [0.4, 0.5) is 5.69 Å². The normalized spacial score (nSPS) is 14.7. The first-order valence-corrected chi connectivity index (χ1v) is 13.4. The quantitative estimate of drug-likeness (QED) is 0.407. The number of piperazine rings is 1. The average molecular weight is 548 g/mol. The van der Waals surface area contributed by atoms with Gasteiger partial charge < -0.3 is 19.1 Å². The smallest absolute Gasteiger partial charge is 0.332 e. The summed E-state index contributed by atoms with van der Waals surface area (Å²) in [4.78, 5) is 30.5. The number of imidazole rings is 1. The molecule has 2 aromatic heterocycles. The minimum atomic E-state index is -0.341. The number of hydrogen-bond donors (Lipinski definition) is 1. The molecule has 9 heteroatoms. The van der Waals surface area contributed by atoms with Crippen molar-refractivity contribution in [1.82, 2.24) is 18.6 Å². The number of rotatable bonds is 4. The molecular formula is C30H34ClN5O3. The van der Waals surface area contributed by atoms with Crippen LogP contribution in [0.25, 0.3) is 27.9 Å². The second kappa shape index (κ2) is 10.1. The highest BCUT2D eigenvalue weighted by Crippen LogP contribution is 2.38. The monoisotopic (exact) mass is 547 g/mol. The molecule has 0 amide bonds. The second-order valence-electron chi connectivity index (χ2n) is 11.1. The summed E-state index contributed by atoms with van der Waals surface area (Å²) in [5, 5.41) is 11.7. The summed E-state index contributed by atoms with van der Waals surface area (Å²) in [6, 6.07) is 13.1. The van der Waals surface area contributed by atoms with E-state index < -0.39 is 0 Å². The van der Waals surface area contributed by atoms with Crippen molar-refractivity contribution in [3.63, 3.8) is 0 Å². The van der Waals surface area contributed by atoms with Crippen LogP contribution in [0.3, 0.4) is 0 Å². The first kappa shape index (κ1) is 26.8. The second-order valence-corrected chi connectivity index (χ2v) is 11.5. The van der Waals surface area contributed by atoms with Crippen LogP contribution >= 0.6 is 11.6 Å².